The van der Waals surface area contributed by atoms with Crippen molar-refractivity contribution >= 4 is 32.7 Å². The molecule has 0 bridgehead atoms. The van der Waals surface area contributed by atoms with Gasteiger partial charge >= 0.3 is 0 Å². The highest BCUT2D eigenvalue weighted by Crippen LogP contribution is 2.43. The van der Waals surface area contributed by atoms with Crippen molar-refractivity contribution in [2.24, 2.45) is 0 Å². The third-order valence-electron chi connectivity index (χ3n) is 9.12. The van der Waals surface area contributed by atoms with Crippen LogP contribution in [0.25, 0.3) is 88.9 Å². The van der Waals surface area contributed by atoms with Gasteiger partial charge in [0.1, 0.15) is 11.2 Å². The van der Waals surface area contributed by atoms with E-state index in [9.17, 15) is 5.26 Å². The first kappa shape index (κ1) is 28.4. The molecule has 2 aromatic heterocycles. The number of hydrogen-bond acceptors (Lipinski definition) is 4. The maximum Gasteiger partial charge on any atom is 0.160 e. The maximum absolute atomic E-state index is 9.37. The molecular formula is C45H27N3O. The second-order valence-corrected chi connectivity index (χ2v) is 12.1. The van der Waals surface area contributed by atoms with Crippen molar-refractivity contribution in [2.75, 3.05) is 0 Å². The van der Waals surface area contributed by atoms with Crippen molar-refractivity contribution in [1.82, 2.24) is 9.97 Å². The molecule has 4 heteroatoms. The summed E-state index contributed by atoms with van der Waals surface area (Å²) in [6.45, 7) is 0. The van der Waals surface area contributed by atoms with E-state index in [1.54, 1.807) is 0 Å². The Kier molecular flexibility index (Phi) is 6.81. The Morgan fingerprint density at radius 3 is 1.84 bits per heavy atom. The van der Waals surface area contributed by atoms with Gasteiger partial charge in [-0.25, -0.2) is 9.97 Å². The number of furan rings is 1. The van der Waals surface area contributed by atoms with E-state index in [0.29, 0.717) is 11.4 Å². The summed E-state index contributed by atoms with van der Waals surface area (Å²) >= 11 is 0. The van der Waals surface area contributed by atoms with Crippen molar-refractivity contribution in [1.29, 1.82) is 5.26 Å². The molecule has 0 saturated heterocycles. The summed E-state index contributed by atoms with van der Waals surface area (Å²) < 4.78 is 6.60. The Morgan fingerprint density at radius 2 is 1.08 bits per heavy atom. The van der Waals surface area contributed by atoms with Crippen molar-refractivity contribution < 1.29 is 4.42 Å². The molecule has 49 heavy (non-hydrogen) atoms. The fourth-order valence-corrected chi connectivity index (χ4v) is 6.77. The van der Waals surface area contributed by atoms with E-state index in [0.717, 1.165) is 83.0 Å². The first-order chi connectivity index (χ1) is 24.2. The van der Waals surface area contributed by atoms with Gasteiger partial charge in [0.05, 0.1) is 23.0 Å². The highest BCUT2D eigenvalue weighted by atomic mass is 16.3. The molecule has 7 aromatic carbocycles. The number of aromatic nitrogens is 2. The Bertz CT molecular complexity index is 2650. The van der Waals surface area contributed by atoms with Crippen LogP contribution < -0.4 is 0 Å². The fourth-order valence-electron chi connectivity index (χ4n) is 6.77. The van der Waals surface area contributed by atoms with Gasteiger partial charge < -0.3 is 4.42 Å². The van der Waals surface area contributed by atoms with Crippen molar-refractivity contribution in [3.05, 3.63) is 169 Å². The topological polar surface area (TPSA) is 62.7 Å². The van der Waals surface area contributed by atoms with Gasteiger partial charge in [0.2, 0.25) is 0 Å². The summed E-state index contributed by atoms with van der Waals surface area (Å²) in [7, 11) is 0. The molecule has 2 heterocycles. The molecule has 0 saturated carbocycles. The first-order valence-corrected chi connectivity index (χ1v) is 16.2. The molecular weight excluding hydrogens is 599 g/mol. The van der Waals surface area contributed by atoms with Crippen molar-refractivity contribution in [3.8, 4) is 62.2 Å². The molecule has 0 amide bonds. The molecule has 0 N–H and O–H groups in total. The summed E-state index contributed by atoms with van der Waals surface area (Å²) in [5.74, 6) is 0.689. The zero-order valence-electron chi connectivity index (χ0n) is 26.3. The van der Waals surface area contributed by atoms with Crippen LogP contribution in [-0.2, 0) is 0 Å². The minimum atomic E-state index is 0.636. The van der Waals surface area contributed by atoms with E-state index in [1.165, 1.54) is 0 Å². The summed E-state index contributed by atoms with van der Waals surface area (Å²) in [6.07, 6.45) is 0. The van der Waals surface area contributed by atoms with Gasteiger partial charge in [0.15, 0.2) is 5.82 Å². The van der Waals surface area contributed by atoms with E-state index < -0.39 is 0 Å². The van der Waals surface area contributed by atoms with E-state index in [1.807, 2.05) is 84.9 Å². The van der Waals surface area contributed by atoms with Crippen LogP contribution >= 0.6 is 0 Å². The predicted octanol–water partition coefficient (Wildman–Crippen LogP) is 11.7. The number of nitriles is 1. The molecule has 0 aliphatic heterocycles. The van der Waals surface area contributed by atoms with Gasteiger partial charge in [0.25, 0.3) is 0 Å². The molecule has 228 valence electrons. The van der Waals surface area contributed by atoms with Gasteiger partial charge in [0, 0.05) is 32.8 Å². The molecule has 9 rings (SSSR count). The number of benzene rings is 7. The standard InChI is InChI=1S/C45H27N3O/c46-28-29-21-23-30(24-22-29)35-19-10-20-42-43(35)39-26-38(36-17-7-8-18-37(36)44(39)49-42)33-15-9-16-34(25-33)41-27-40(31-11-3-1-4-12-31)47-45(48-41)32-13-5-2-6-14-32/h1-27H. The van der Waals surface area contributed by atoms with Crippen LogP contribution in [0.1, 0.15) is 5.56 Å². The molecule has 0 fully saturated rings. The lowest BCUT2D eigenvalue weighted by atomic mass is 9.92. The third-order valence-corrected chi connectivity index (χ3v) is 9.12. The second-order valence-electron chi connectivity index (χ2n) is 12.1. The lowest BCUT2D eigenvalue weighted by Gasteiger charge is -2.12. The molecule has 0 atom stereocenters. The molecule has 4 nitrogen and oxygen atoms in total. The van der Waals surface area contributed by atoms with E-state index >= 15 is 0 Å². The summed E-state index contributed by atoms with van der Waals surface area (Å²) in [5, 5.41) is 13.6. The summed E-state index contributed by atoms with van der Waals surface area (Å²) in [4.78, 5) is 10.1. The van der Waals surface area contributed by atoms with E-state index in [2.05, 4.69) is 84.9 Å². The van der Waals surface area contributed by atoms with Crippen LogP contribution in [0.4, 0.5) is 0 Å². The zero-order valence-corrected chi connectivity index (χ0v) is 26.3. The van der Waals surface area contributed by atoms with Gasteiger partial charge in [-0.2, -0.15) is 5.26 Å². The quantitative estimate of drug-likeness (QED) is 0.191. The molecule has 0 aliphatic carbocycles. The molecule has 0 spiro atoms. The number of hydrogen-bond donors (Lipinski definition) is 0. The van der Waals surface area contributed by atoms with Crippen LogP contribution in [-0.4, -0.2) is 9.97 Å². The smallest absolute Gasteiger partial charge is 0.160 e. The predicted molar refractivity (Wildman–Crippen MR) is 199 cm³/mol. The lowest BCUT2D eigenvalue weighted by molar-refractivity contribution is 0.673. The molecule has 9 aromatic rings. The number of fused-ring (bicyclic) bond motifs is 5. The number of rotatable bonds is 5. The minimum Gasteiger partial charge on any atom is -0.455 e. The van der Waals surface area contributed by atoms with Crippen molar-refractivity contribution in [2.45, 2.75) is 0 Å². The van der Waals surface area contributed by atoms with Crippen molar-refractivity contribution in [3.63, 3.8) is 0 Å². The monoisotopic (exact) mass is 625 g/mol. The SMILES string of the molecule is N#Cc1ccc(-c2cccc3oc4c5ccccc5c(-c5cccc(-c6cc(-c7ccccc7)nc(-c7ccccc7)n6)c5)cc4c23)cc1. The van der Waals surface area contributed by atoms with E-state index in [4.69, 9.17) is 14.4 Å². The number of nitrogens with zero attached hydrogens (tertiary/aromatic N) is 3. The highest BCUT2D eigenvalue weighted by Gasteiger charge is 2.18. The normalized spacial score (nSPS) is 11.2. The van der Waals surface area contributed by atoms with Crippen LogP contribution in [0.5, 0.6) is 0 Å². The molecule has 0 radical (unpaired) electrons. The Hall–Kier alpha value is -6.83. The first-order valence-electron chi connectivity index (χ1n) is 16.2. The van der Waals surface area contributed by atoms with Gasteiger partial charge in [-0.15, -0.1) is 0 Å². The minimum absolute atomic E-state index is 0.636. The zero-order chi connectivity index (χ0) is 32.7. The van der Waals surface area contributed by atoms with E-state index in [-0.39, 0.29) is 0 Å². The average molecular weight is 626 g/mol. The molecule has 0 unspecified atom stereocenters. The summed E-state index contributed by atoms with van der Waals surface area (Å²) in [6, 6.07) is 57.9. The van der Waals surface area contributed by atoms with Crippen LogP contribution in [0.2, 0.25) is 0 Å². The lowest BCUT2D eigenvalue weighted by Crippen LogP contribution is -1.96. The van der Waals surface area contributed by atoms with Gasteiger partial charge in [-0.05, 0) is 64.0 Å². The summed E-state index contributed by atoms with van der Waals surface area (Å²) in [5.41, 5.74) is 11.4. The van der Waals surface area contributed by atoms with Crippen LogP contribution in [0, 0.1) is 11.3 Å². The van der Waals surface area contributed by atoms with Gasteiger partial charge in [-0.1, -0.05) is 127 Å². The third kappa shape index (κ3) is 5.02. The Balaban J connectivity index is 1.25. The highest BCUT2D eigenvalue weighted by molar-refractivity contribution is 6.22. The van der Waals surface area contributed by atoms with Gasteiger partial charge in [-0.3, -0.25) is 0 Å². The Labute approximate surface area is 283 Å². The molecule has 0 aliphatic rings. The maximum atomic E-state index is 9.37. The van der Waals surface area contributed by atoms with Crippen LogP contribution in [0.15, 0.2) is 168 Å². The second kappa shape index (κ2) is 11.8. The van der Waals surface area contributed by atoms with Crippen LogP contribution in [0.3, 0.4) is 0 Å². The average Bonchev–Trinajstić information content (AvgIpc) is 3.57. The largest absolute Gasteiger partial charge is 0.455 e. The fraction of sp³-hybridized carbons (Fsp3) is 0. The Morgan fingerprint density at radius 1 is 0.449 bits per heavy atom.